The maximum Gasteiger partial charge on any atom is 0.107 e. The standard InChI is InChI=1S/C9H17N2O/c1-7(12-2)11-4-3-8-5-10-6-9(8)11/h4,7-10H,3,5-6H2,1-2H3. The summed E-state index contributed by atoms with van der Waals surface area (Å²) >= 11 is 0. The molecule has 12 heavy (non-hydrogen) atoms. The summed E-state index contributed by atoms with van der Waals surface area (Å²) in [7, 11) is 1.77. The molecule has 0 saturated carbocycles. The molecule has 2 heterocycles. The van der Waals surface area contributed by atoms with Gasteiger partial charge in [0.05, 0.1) is 0 Å². The molecule has 2 saturated heterocycles. The molecular formula is C9H17N2O. The van der Waals surface area contributed by atoms with Crippen LogP contribution in [0.4, 0.5) is 0 Å². The second-order valence-electron chi connectivity index (χ2n) is 3.69. The molecule has 3 unspecified atom stereocenters. The Bertz CT molecular complexity index is 163. The Morgan fingerprint density at radius 3 is 3.17 bits per heavy atom. The van der Waals surface area contributed by atoms with Gasteiger partial charge in [-0.05, 0) is 25.8 Å². The molecule has 0 bridgehead atoms. The van der Waals surface area contributed by atoms with Gasteiger partial charge in [-0.2, -0.15) is 0 Å². The molecule has 0 aromatic carbocycles. The molecule has 2 rings (SSSR count). The van der Waals surface area contributed by atoms with Crippen molar-refractivity contribution >= 4 is 0 Å². The van der Waals surface area contributed by atoms with E-state index in [9.17, 15) is 0 Å². The van der Waals surface area contributed by atoms with Crippen molar-refractivity contribution in [2.45, 2.75) is 25.6 Å². The topological polar surface area (TPSA) is 24.5 Å². The lowest BCUT2D eigenvalue weighted by Gasteiger charge is -2.28. The van der Waals surface area contributed by atoms with E-state index in [0.29, 0.717) is 6.04 Å². The number of nitrogens with zero attached hydrogens (tertiary/aromatic N) is 1. The number of likely N-dealkylation sites (tertiary alicyclic amines) is 1. The normalized spacial score (nSPS) is 38.5. The Morgan fingerprint density at radius 1 is 1.58 bits per heavy atom. The summed E-state index contributed by atoms with van der Waals surface area (Å²) in [6.45, 7) is 6.70. The molecule has 0 aromatic heterocycles. The highest BCUT2D eigenvalue weighted by Gasteiger charge is 2.39. The van der Waals surface area contributed by atoms with Gasteiger partial charge >= 0.3 is 0 Å². The fourth-order valence-corrected chi connectivity index (χ4v) is 2.24. The first-order valence-electron chi connectivity index (χ1n) is 4.67. The van der Waals surface area contributed by atoms with Crippen molar-refractivity contribution in [1.82, 2.24) is 10.2 Å². The summed E-state index contributed by atoms with van der Waals surface area (Å²) in [6.07, 6.45) is 1.45. The van der Waals surface area contributed by atoms with Crippen LogP contribution in [0.3, 0.4) is 0 Å². The molecule has 3 atom stereocenters. The minimum Gasteiger partial charge on any atom is -0.367 e. The van der Waals surface area contributed by atoms with Gasteiger partial charge in [0.15, 0.2) is 0 Å². The van der Waals surface area contributed by atoms with E-state index in [0.717, 1.165) is 12.5 Å². The van der Waals surface area contributed by atoms with Crippen LogP contribution in [0, 0.1) is 12.5 Å². The fraction of sp³-hybridized carbons (Fsp3) is 0.889. The highest BCUT2D eigenvalue weighted by molar-refractivity contribution is 4.99. The average molecular weight is 169 g/mol. The zero-order valence-electron chi connectivity index (χ0n) is 7.79. The predicted octanol–water partition coefficient (Wildman–Crippen LogP) is 0.434. The van der Waals surface area contributed by atoms with Crippen molar-refractivity contribution in [2.75, 3.05) is 20.2 Å². The third kappa shape index (κ3) is 1.26. The highest BCUT2D eigenvalue weighted by Crippen LogP contribution is 2.31. The Balaban J connectivity index is 1.99. The van der Waals surface area contributed by atoms with Crippen LogP contribution in [0.5, 0.6) is 0 Å². The Morgan fingerprint density at radius 2 is 2.42 bits per heavy atom. The van der Waals surface area contributed by atoms with E-state index in [-0.39, 0.29) is 6.23 Å². The summed E-state index contributed by atoms with van der Waals surface area (Å²) in [6, 6.07) is 0.681. The van der Waals surface area contributed by atoms with Crippen molar-refractivity contribution in [3.8, 4) is 0 Å². The maximum absolute atomic E-state index is 5.31. The smallest absolute Gasteiger partial charge is 0.107 e. The average Bonchev–Trinajstić information content (AvgIpc) is 2.62. The largest absolute Gasteiger partial charge is 0.367 e. The lowest BCUT2D eigenvalue weighted by molar-refractivity contribution is -0.0123. The third-order valence-electron chi connectivity index (χ3n) is 3.07. The van der Waals surface area contributed by atoms with E-state index in [4.69, 9.17) is 4.74 Å². The zero-order chi connectivity index (χ0) is 8.55. The number of rotatable bonds is 2. The Hall–Kier alpha value is -0.120. The van der Waals surface area contributed by atoms with Gasteiger partial charge in [-0.15, -0.1) is 0 Å². The number of nitrogens with one attached hydrogen (secondary N) is 1. The number of ether oxygens (including phenoxy) is 1. The number of fused-ring (bicyclic) bond motifs is 1. The van der Waals surface area contributed by atoms with Crippen molar-refractivity contribution in [3.05, 3.63) is 6.54 Å². The first-order chi connectivity index (χ1) is 5.83. The summed E-state index contributed by atoms with van der Waals surface area (Å²) in [5.41, 5.74) is 0. The van der Waals surface area contributed by atoms with Crippen molar-refractivity contribution in [3.63, 3.8) is 0 Å². The van der Waals surface area contributed by atoms with Crippen molar-refractivity contribution in [2.24, 2.45) is 5.92 Å². The molecule has 0 aliphatic carbocycles. The second kappa shape index (κ2) is 3.32. The number of hydrogen-bond donors (Lipinski definition) is 1. The summed E-state index contributed by atoms with van der Waals surface area (Å²) < 4.78 is 5.31. The van der Waals surface area contributed by atoms with Crippen LogP contribution < -0.4 is 5.32 Å². The van der Waals surface area contributed by atoms with Crippen molar-refractivity contribution in [1.29, 1.82) is 0 Å². The first-order valence-corrected chi connectivity index (χ1v) is 4.67. The molecular weight excluding hydrogens is 152 g/mol. The van der Waals surface area contributed by atoms with Crippen LogP contribution in [-0.2, 0) is 4.74 Å². The van der Waals surface area contributed by atoms with Crippen LogP contribution in [0.2, 0.25) is 0 Å². The molecule has 1 N–H and O–H groups in total. The summed E-state index contributed by atoms with van der Waals surface area (Å²) in [4.78, 5) is 2.35. The van der Waals surface area contributed by atoms with Crippen LogP contribution in [0.25, 0.3) is 0 Å². The van der Waals surface area contributed by atoms with Crippen LogP contribution in [0.1, 0.15) is 13.3 Å². The van der Waals surface area contributed by atoms with Gasteiger partial charge in [-0.25, -0.2) is 0 Å². The zero-order valence-corrected chi connectivity index (χ0v) is 7.79. The minimum atomic E-state index is 0.236. The van der Waals surface area contributed by atoms with Crippen LogP contribution in [-0.4, -0.2) is 37.4 Å². The lowest BCUT2D eigenvalue weighted by Crippen LogP contribution is -2.39. The van der Waals surface area contributed by atoms with E-state index in [1.54, 1.807) is 7.11 Å². The first kappa shape index (κ1) is 8.48. The molecule has 69 valence electrons. The Kier molecular flexibility index (Phi) is 2.35. The van der Waals surface area contributed by atoms with Gasteiger partial charge in [0.1, 0.15) is 6.23 Å². The third-order valence-corrected chi connectivity index (χ3v) is 3.07. The van der Waals surface area contributed by atoms with Gasteiger partial charge in [-0.3, -0.25) is 4.90 Å². The monoisotopic (exact) mass is 169 g/mol. The molecule has 0 amide bonds. The van der Waals surface area contributed by atoms with Crippen molar-refractivity contribution < 1.29 is 4.74 Å². The molecule has 0 aromatic rings. The van der Waals surface area contributed by atoms with Crippen LogP contribution in [0.15, 0.2) is 0 Å². The van der Waals surface area contributed by atoms with Crippen LogP contribution >= 0.6 is 0 Å². The van der Waals surface area contributed by atoms with Gasteiger partial charge in [0, 0.05) is 26.2 Å². The molecule has 2 aliphatic heterocycles. The number of methoxy groups -OCH3 is 1. The summed E-state index contributed by atoms with van der Waals surface area (Å²) in [5.74, 6) is 0.822. The molecule has 1 radical (unpaired) electrons. The minimum absolute atomic E-state index is 0.236. The van der Waals surface area contributed by atoms with Gasteiger partial charge in [0.2, 0.25) is 0 Å². The highest BCUT2D eigenvalue weighted by atomic mass is 16.5. The van der Waals surface area contributed by atoms with E-state index in [1.165, 1.54) is 13.0 Å². The van der Waals surface area contributed by atoms with Gasteiger partial charge in [0.25, 0.3) is 0 Å². The molecule has 2 fully saturated rings. The Labute approximate surface area is 74.1 Å². The second-order valence-corrected chi connectivity index (χ2v) is 3.69. The predicted molar refractivity (Wildman–Crippen MR) is 47.4 cm³/mol. The van der Waals surface area contributed by atoms with E-state index >= 15 is 0 Å². The quantitative estimate of drug-likeness (QED) is 0.649. The van der Waals surface area contributed by atoms with E-state index < -0.39 is 0 Å². The lowest BCUT2D eigenvalue weighted by atomic mass is 10.1. The molecule has 2 aliphatic rings. The SMILES string of the molecule is COC(C)N1[CH]CC2CNCC21. The van der Waals surface area contributed by atoms with Gasteiger partial charge in [-0.1, -0.05) is 0 Å². The molecule has 3 nitrogen and oxygen atoms in total. The van der Waals surface area contributed by atoms with E-state index in [2.05, 4.69) is 23.7 Å². The maximum atomic E-state index is 5.31. The number of hydrogen-bond acceptors (Lipinski definition) is 3. The van der Waals surface area contributed by atoms with Gasteiger partial charge < -0.3 is 10.1 Å². The molecule has 0 spiro atoms. The molecule has 3 heteroatoms. The van der Waals surface area contributed by atoms with E-state index in [1.807, 2.05) is 0 Å². The summed E-state index contributed by atoms with van der Waals surface area (Å²) in [5, 5.41) is 3.42. The fourth-order valence-electron chi connectivity index (χ4n) is 2.24.